The quantitative estimate of drug-likeness (QED) is 0.810. The summed E-state index contributed by atoms with van der Waals surface area (Å²) in [5, 5.41) is 0. The molecule has 1 atom stereocenters. The number of benzene rings is 2. The summed E-state index contributed by atoms with van der Waals surface area (Å²) in [6.07, 6.45) is 0.242. The van der Waals surface area contributed by atoms with Crippen LogP contribution in [0.2, 0.25) is 0 Å². The van der Waals surface area contributed by atoms with E-state index in [2.05, 4.69) is 6.07 Å². The third kappa shape index (κ3) is 3.82. The molecule has 1 heterocycles. The molecule has 0 saturated carbocycles. The number of methoxy groups -OCH3 is 1. The van der Waals surface area contributed by atoms with Gasteiger partial charge in [0, 0.05) is 30.9 Å². The average Bonchev–Trinajstić information content (AvgIpc) is 3.05. The number of aryl methyl sites for hydroxylation is 2. The summed E-state index contributed by atoms with van der Waals surface area (Å²) in [4.78, 5) is 29.2. The van der Waals surface area contributed by atoms with E-state index in [-0.39, 0.29) is 24.2 Å². The lowest BCUT2D eigenvalue weighted by Crippen LogP contribution is -2.37. The molecule has 3 rings (SSSR count). The Morgan fingerprint density at radius 1 is 1.19 bits per heavy atom. The van der Waals surface area contributed by atoms with Crippen molar-refractivity contribution in [2.24, 2.45) is 5.92 Å². The Labute approximate surface area is 160 Å². The molecule has 0 N–H and O–H groups in total. The fourth-order valence-electron chi connectivity index (χ4n) is 3.66. The molecule has 0 aliphatic carbocycles. The minimum atomic E-state index is -0.333. The summed E-state index contributed by atoms with van der Waals surface area (Å²) in [5.41, 5.74) is 3.96. The van der Waals surface area contributed by atoms with E-state index in [1.165, 1.54) is 5.56 Å². The average molecular weight is 366 g/mol. The van der Waals surface area contributed by atoms with Crippen LogP contribution < -0.4 is 14.5 Å². The van der Waals surface area contributed by atoms with Crippen LogP contribution in [0.4, 0.5) is 11.4 Å². The van der Waals surface area contributed by atoms with Crippen molar-refractivity contribution in [3.63, 3.8) is 0 Å². The second-order valence-corrected chi connectivity index (χ2v) is 6.98. The number of carbonyl (C=O) groups is 2. The first-order chi connectivity index (χ1) is 12.9. The number of ether oxygens (including phenoxy) is 1. The normalized spacial score (nSPS) is 16.5. The summed E-state index contributed by atoms with van der Waals surface area (Å²) in [7, 11) is 1.61. The summed E-state index contributed by atoms with van der Waals surface area (Å²) < 4.78 is 5.17. The smallest absolute Gasteiger partial charge is 0.232 e. The van der Waals surface area contributed by atoms with E-state index < -0.39 is 0 Å². The van der Waals surface area contributed by atoms with Crippen molar-refractivity contribution in [2.75, 3.05) is 30.0 Å². The Kier molecular flexibility index (Phi) is 5.49. The SMILES string of the molecule is CCN(C(=O)C1CC(=O)N(c2ccc(OC)cc2)C1)c1ccc(C)cc1C. The number of nitrogens with zero attached hydrogens (tertiary/aromatic N) is 2. The van der Waals surface area contributed by atoms with Gasteiger partial charge in [0.15, 0.2) is 0 Å². The molecule has 1 aliphatic heterocycles. The van der Waals surface area contributed by atoms with Crippen LogP contribution in [0.15, 0.2) is 42.5 Å². The molecule has 2 aromatic carbocycles. The third-order valence-electron chi connectivity index (χ3n) is 5.08. The van der Waals surface area contributed by atoms with Crippen molar-refractivity contribution in [1.82, 2.24) is 0 Å². The lowest BCUT2D eigenvalue weighted by molar-refractivity contribution is -0.124. The molecule has 0 radical (unpaired) electrons. The van der Waals surface area contributed by atoms with Crippen molar-refractivity contribution in [2.45, 2.75) is 27.2 Å². The highest BCUT2D eigenvalue weighted by atomic mass is 16.5. The van der Waals surface area contributed by atoms with Gasteiger partial charge in [0.05, 0.1) is 13.0 Å². The summed E-state index contributed by atoms with van der Waals surface area (Å²) in [6, 6.07) is 13.4. The summed E-state index contributed by atoms with van der Waals surface area (Å²) in [5.74, 6) is 0.397. The van der Waals surface area contributed by atoms with Gasteiger partial charge in [0.2, 0.25) is 11.8 Å². The molecule has 142 valence electrons. The predicted octanol–water partition coefficient (Wildman–Crippen LogP) is 3.72. The number of amides is 2. The van der Waals surface area contributed by atoms with E-state index in [9.17, 15) is 9.59 Å². The maximum absolute atomic E-state index is 13.2. The molecule has 2 amide bonds. The first-order valence-corrected chi connectivity index (χ1v) is 9.27. The fourth-order valence-corrected chi connectivity index (χ4v) is 3.66. The first kappa shape index (κ1) is 19.0. The van der Waals surface area contributed by atoms with Crippen LogP contribution >= 0.6 is 0 Å². The zero-order valence-electron chi connectivity index (χ0n) is 16.4. The van der Waals surface area contributed by atoms with Crippen molar-refractivity contribution in [3.8, 4) is 5.75 Å². The van der Waals surface area contributed by atoms with Crippen LogP contribution in [-0.4, -0.2) is 32.0 Å². The lowest BCUT2D eigenvalue weighted by Gasteiger charge is -2.26. The maximum atomic E-state index is 13.2. The van der Waals surface area contributed by atoms with Crippen LogP contribution in [0.3, 0.4) is 0 Å². The third-order valence-corrected chi connectivity index (χ3v) is 5.08. The molecule has 1 saturated heterocycles. The molecule has 5 heteroatoms. The molecule has 1 unspecified atom stereocenters. The van der Waals surface area contributed by atoms with E-state index in [1.54, 1.807) is 16.9 Å². The highest BCUT2D eigenvalue weighted by molar-refractivity contribution is 6.04. The van der Waals surface area contributed by atoms with Crippen molar-refractivity contribution in [1.29, 1.82) is 0 Å². The van der Waals surface area contributed by atoms with Gasteiger partial charge < -0.3 is 14.5 Å². The van der Waals surface area contributed by atoms with Gasteiger partial charge in [-0.2, -0.15) is 0 Å². The van der Waals surface area contributed by atoms with Crippen LogP contribution in [0.25, 0.3) is 0 Å². The zero-order valence-corrected chi connectivity index (χ0v) is 16.4. The zero-order chi connectivity index (χ0) is 19.6. The van der Waals surface area contributed by atoms with Gasteiger partial charge in [-0.3, -0.25) is 9.59 Å². The van der Waals surface area contributed by atoms with Crippen molar-refractivity contribution < 1.29 is 14.3 Å². The minimum absolute atomic E-state index is 0.00816. The van der Waals surface area contributed by atoms with Gasteiger partial charge in [0.1, 0.15) is 5.75 Å². The standard InChI is InChI=1S/C22H26N2O3/c1-5-23(20-11-6-15(2)12-16(20)3)22(26)17-13-21(25)24(14-17)18-7-9-19(27-4)10-8-18/h6-12,17H,5,13-14H2,1-4H3. The van der Waals surface area contributed by atoms with Gasteiger partial charge in [0.25, 0.3) is 0 Å². The lowest BCUT2D eigenvalue weighted by atomic mass is 10.0. The number of hydrogen-bond donors (Lipinski definition) is 0. The van der Waals surface area contributed by atoms with Crippen LogP contribution in [0.5, 0.6) is 5.75 Å². The second kappa shape index (κ2) is 7.82. The molecule has 5 nitrogen and oxygen atoms in total. The van der Waals surface area contributed by atoms with Crippen LogP contribution in [0, 0.1) is 19.8 Å². The van der Waals surface area contributed by atoms with Gasteiger partial charge in [-0.15, -0.1) is 0 Å². The van der Waals surface area contributed by atoms with Crippen LogP contribution in [-0.2, 0) is 9.59 Å². The highest BCUT2D eigenvalue weighted by Crippen LogP contribution is 2.30. The van der Waals surface area contributed by atoms with E-state index in [4.69, 9.17) is 4.74 Å². The van der Waals surface area contributed by atoms with E-state index in [0.717, 1.165) is 22.7 Å². The minimum Gasteiger partial charge on any atom is -0.497 e. The Morgan fingerprint density at radius 2 is 1.89 bits per heavy atom. The van der Waals surface area contributed by atoms with Gasteiger partial charge >= 0.3 is 0 Å². The number of hydrogen-bond acceptors (Lipinski definition) is 3. The fraction of sp³-hybridized carbons (Fsp3) is 0.364. The van der Waals surface area contributed by atoms with Gasteiger partial charge in [-0.05, 0) is 56.7 Å². The molecule has 27 heavy (non-hydrogen) atoms. The monoisotopic (exact) mass is 366 g/mol. The Morgan fingerprint density at radius 3 is 2.48 bits per heavy atom. The van der Waals surface area contributed by atoms with Gasteiger partial charge in [-0.25, -0.2) is 0 Å². The molecule has 1 aliphatic rings. The van der Waals surface area contributed by atoms with E-state index in [0.29, 0.717) is 13.1 Å². The molecular formula is C22H26N2O3. The van der Waals surface area contributed by atoms with E-state index >= 15 is 0 Å². The van der Waals surface area contributed by atoms with E-state index in [1.807, 2.05) is 57.2 Å². The summed E-state index contributed by atoms with van der Waals surface area (Å²) >= 11 is 0. The molecule has 0 aromatic heterocycles. The molecular weight excluding hydrogens is 340 g/mol. The predicted molar refractivity (Wildman–Crippen MR) is 107 cm³/mol. The number of rotatable bonds is 5. The topological polar surface area (TPSA) is 49.9 Å². The van der Waals surface area contributed by atoms with Crippen molar-refractivity contribution >= 4 is 23.2 Å². The molecule has 0 bridgehead atoms. The van der Waals surface area contributed by atoms with Crippen molar-refractivity contribution in [3.05, 3.63) is 53.6 Å². The van der Waals surface area contributed by atoms with Gasteiger partial charge in [-0.1, -0.05) is 17.7 Å². The molecule has 0 spiro atoms. The molecule has 2 aromatic rings. The molecule has 1 fully saturated rings. The Bertz CT molecular complexity index is 845. The Hall–Kier alpha value is -2.82. The second-order valence-electron chi connectivity index (χ2n) is 6.98. The number of anilines is 2. The largest absolute Gasteiger partial charge is 0.497 e. The Balaban J connectivity index is 1.79. The number of carbonyl (C=O) groups excluding carboxylic acids is 2. The summed E-state index contributed by atoms with van der Waals surface area (Å²) in [6.45, 7) is 7.01. The first-order valence-electron chi connectivity index (χ1n) is 9.27. The maximum Gasteiger partial charge on any atom is 0.232 e. The highest BCUT2D eigenvalue weighted by Gasteiger charge is 2.37. The van der Waals surface area contributed by atoms with Crippen LogP contribution in [0.1, 0.15) is 24.5 Å².